The summed E-state index contributed by atoms with van der Waals surface area (Å²) in [6, 6.07) is 21.8. The van der Waals surface area contributed by atoms with Crippen molar-refractivity contribution < 1.29 is 4.74 Å². The van der Waals surface area contributed by atoms with Crippen molar-refractivity contribution in [1.82, 2.24) is 0 Å². The highest BCUT2D eigenvalue weighted by atomic mass is 79.9. The van der Waals surface area contributed by atoms with Crippen LogP contribution in [0, 0.1) is 0 Å². The summed E-state index contributed by atoms with van der Waals surface area (Å²) >= 11 is 9.70. The van der Waals surface area contributed by atoms with E-state index in [9.17, 15) is 0 Å². The maximum absolute atomic E-state index is 6.08. The van der Waals surface area contributed by atoms with Crippen LogP contribution in [0.1, 0.15) is 0 Å². The summed E-state index contributed by atoms with van der Waals surface area (Å²) in [4.78, 5) is 2.18. The minimum Gasteiger partial charge on any atom is -0.453 e. The molecule has 4 heteroatoms. The smallest absolute Gasteiger partial charge is 0.151 e. The van der Waals surface area contributed by atoms with E-state index in [1.807, 2.05) is 66.7 Å². The molecule has 0 unspecified atom stereocenters. The summed E-state index contributed by atoms with van der Waals surface area (Å²) in [5, 5.41) is 0.699. The predicted octanol–water partition coefficient (Wildman–Crippen LogP) is 6.68. The molecule has 1 aliphatic rings. The second kappa shape index (κ2) is 5.34. The lowest BCUT2D eigenvalue weighted by atomic mass is 10.1. The molecule has 0 bridgehead atoms. The first-order valence-electron chi connectivity index (χ1n) is 6.85. The van der Waals surface area contributed by atoms with Gasteiger partial charge in [-0.2, -0.15) is 0 Å². The minimum absolute atomic E-state index is 0.699. The number of fused-ring (bicyclic) bond motifs is 2. The third-order valence-electron chi connectivity index (χ3n) is 3.58. The summed E-state index contributed by atoms with van der Waals surface area (Å²) in [5.41, 5.74) is 3.03. The van der Waals surface area contributed by atoms with Crippen LogP contribution >= 0.6 is 27.5 Å². The van der Waals surface area contributed by atoms with Gasteiger partial charge in [-0.3, -0.25) is 0 Å². The van der Waals surface area contributed by atoms with Crippen LogP contribution in [-0.4, -0.2) is 0 Å². The molecule has 1 aliphatic heterocycles. The molecule has 0 N–H and O–H groups in total. The maximum Gasteiger partial charge on any atom is 0.151 e. The fourth-order valence-corrected chi connectivity index (χ4v) is 3.49. The number of hydrogen-bond acceptors (Lipinski definition) is 2. The Morgan fingerprint density at radius 2 is 1.36 bits per heavy atom. The molecule has 0 fully saturated rings. The van der Waals surface area contributed by atoms with E-state index in [4.69, 9.17) is 16.3 Å². The molecule has 0 saturated carbocycles. The van der Waals surface area contributed by atoms with Crippen molar-refractivity contribution in [2.45, 2.75) is 0 Å². The van der Waals surface area contributed by atoms with Crippen LogP contribution in [0.5, 0.6) is 11.5 Å². The Hall–Kier alpha value is -1.97. The van der Waals surface area contributed by atoms with Gasteiger partial charge in [0.05, 0.1) is 17.1 Å². The molecular formula is C18H11BrClNO. The average molecular weight is 373 g/mol. The molecule has 4 rings (SSSR count). The first-order chi connectivity index (χ1) is 10.7. The van der Waals surface area contributed by atoms with Crippen LogP contribution in [0.3, 0.4) is 0 Å². The van der Waals surface area contributed by atoms with Crippen molar-refractivity contribution in [2.75, 3.05) is 4.90 Å². The topological polar surface area (TPSA) is 12.5 Å². The molecule has 0 amide bonds. The van der Waals surface area contributed by atoms with Gasteiger partial charge in [0.15, 0.2) is 11.5 Å². The Morgan fingerprint density at radius 1 is 0.773 bits per heavy atom. The van der Waals surface area contributed by atoms with Gasteiger partial charge < -0.3 is 9.64 Å². The second-order valence-corrected chi connectivity index (χ2v) is 6.26. The number of benzene rings is 3. The highest BCUT2D eigenvalue weighted by molar-refractivity contribution is 9.10. The lowest BCUT2D eigenvalue weighted by molar-refractivity contribution is 0.477. The van der Waals surface area contributed by atoms with E-state index < -0.39 is 0 Å². The summed E-state index contributed by atoms with van der Waals surface area (Å²) in [6.45, 7) is 0. The first kappa shape index (κ1) is 13.7. The van der Waals surface area contributed by atoms with E-state index in [1.54, 1.807) is 0 Å². The van der Waals surface area contributed by atoms with Gasteiger partial charge in [-0.25, -0.2) is 0 Å². The summed E-state index contributed by atoms with van der Waals surface area (Å²) in [6.07, 6.45) is 0. The first-order valence-corrected chi connectivity index (χ1v) is 8.02. The minimum atomic E-state index is 0.699. The molecule has 2 nitrogen and oxygen atoms in total. The Bertz CT molecular complexity index is 820. The number of halogens is 2. The zero-order chi connectivity index (χ0) is 15.1. The Kier molecular flexibility index (Phi) is 3.32. The Labute approximate surface area is 142 Å². The SMILES string of the molecule is Clc1ccc(N2c3ccccc3Oc3ccccc32)c(Br)c1. The largest absolute Gasteiger partial charge is 0.453 e. The molecule has 3 aromatic carbocycles. The Balaban J connectivity index is 1.98. The number of rotatable bonds is 1. The molecule has 0 aromatic heterocycles. The van der Waals surface area contributed by atoms with Crippen LogP contribution in [-0.2, 0) is 0 Å². The zero-order valence-corrected chi connectivity index (χ0v) is 13.8. The third-order valence-corrected chi connectivity index (χ3v) is 4.45. The fourth-order valence-electron chi connectivity index (χ4n) is 2.63. The van der Waals surface area contributed by atoms with Crippen LogP contribution in [0.25, 0.3) is 0 Å². The quantitative estimate of drug-likeness (QED) is 0.369. The molecule has 3 aromatic rings. The number of para-hydroxylation sites is 4. The van der Waals surface area contributed by atoms with E-state index in [0.29, 0.717) is 5.02 Å². The maximum atomic E-state index is 6.08. The highest BCUT2D eigenvalue weighted by Crippen LogP contribution is 2.51. The number of anilines is 3. The fraction of sp³-hybridized carbons (Fsp3) is 0. The van der Waals surface area contributed by atoms with Gasteiger partial charge in [0, 0.05) is 9.50 Å². The summed E-state index contributed by atoms with van der Waals surface area (Å²) < 4.78 is 6.95. The molecule has 22 heavy (non-hydrogen) atoms. The predicted molar refractivity (Wildman–Crippen MR) is 93.9 cm³/mol. The van der Waals surface area contributed by atoms with Gasteiger partial charge in [0.25, 0.3) is 0 Å². The van der Waals surface area contributed by atoms with Crippen molar-refractivity contribution in [3.63, 3.8) is 0 Å². The van der Waals surface area contributed by atoms with Crippen molar-refractivity contribution in [3.8, 4) is 11.5 Å². The lowest BCUT2D eigenvalue weighted by Crippen LogP contribution is -2.16. The monoisotopic (exact) mass is 371 g/mol. The lowest BCUT2D eigenvalue weighted by Gasteiger charge is -2.33. The van der Waals surface area contributed by atoms with E-state index in [1.165, 1.54) is 0 Å². The number of nitrogens with zero attached hydrogens (tertiary/aromatic N) is 1. The van der Waals surface area contributed by atoms with Crippen molar-refractivity contribution in [3.05, 3.63) is 76.2 Å². The summed E-state index contributed by atoms with van der Waals surface area (Å²) in [7, 11) is 0. The average Bonchev–Trinajstić information content (AvgIpc) is 2.53. The molecule has 0 aliphatic carbocycles. The van der Waals surface area contributed by atoms with Crippen molar-refractivity contribution >= 4 is 44.6 Å². The highest BCUT2D eigenvalue weighted by Gasteiger charge is 2.26. The van der Waals surface area contributed by atoms with Crippen LogP contribution < -0.4 is 9.64 Å². The standard InChI is InChI=1S/C18H11BrClNO/c19-13-11-12(20)9-10-14(13)21-15-5-1-3-7-17(15)22-18-8-4-2-6-16(18)21/h1-11H. The molecular weight excluding hydrogens is 362 g/mol. The normalized spacial score (nSPS) is 12.4. The molecule has 0 atom stereocenters. The van der Waals surface area contributed by atoms with E-state index in [0.717, 1.165) is 33.0 Å². The van der Waals surface area contributed by atoms with Crippen LogP contribution in [0.2, 0.25) is 5.02 Å². The molecule has 0 spiro atoms. The van der Waals surface area contributed by atoms with Gasteiger partial charge in [0.1, 0.15) is 0 Å². The zero-order valence-electron chi connectivity index (χ0n) is 11.5. The number of ether oxygens (including phenoxy) is 1. The van der Waals surface area contributed by atoms with E-state index in [2.05, 4.69) is 20.8 Å². The van der Waals surface area contributed by atoms with Gasteiger partial charge in [-0.1, -0.05) is 35.9 Å². The van der Waals surface area contributed by atoms with Crippen LogP contribution in [0.15, 0.2) is 71.2 Å². The van der Waals surface area contributed by atoms with E-state index >= 15 is 0 Å². The molecule has 108 valence electrons. The molecule has 0 radical (unpaired) electrons. The van der Waals surface area contributed by atoms with E-state index in [-0.39, 0.29) is 0 Å². The number of hydrogen-bond donors (Lipinski definition) is 0. The second-order valence-electron chi connectivity index (χ2n) is 4.97. The van der Waals surface area contributed by atoms with Crippen LogP contribution in [0.4, 0.5) is 17.1 Å². The van der Waals surface area contributed by atoms with Gasteiger partial charge in [-0.05, 0) is 58.4 Å². The van der Waals surface area contributed by atoms with Crippen molar-refractivity contribution in [1.29, 1.82) is 0 Å². The van der Waals surface area contributed by atoms with Gasteiger partial charge >= 0.3 is 0 Å². The third kappa shape index (κ3) is 2.18. The summed E-state index contributed by atoms with van der Waals surface area (Å²) in [5.74, 6) is 1.67. The van der Waals surface area contributed by atoms with Gasteiger partial charge in [-0.15, -0.1) is 0 Å². The van der Waals surface area contributed by atoms with Crippen molar-refractivity contribution in [2.24, 2.45) is 0 Å². The molecule has 0 saturated heterocycles. The molecule has 1 heterocycles. The Morgan fingerprint density at radius 3 is 1.95 bits per heavy atom. The van der Waals surface area contributed by atoms with Gasteiger partial charge in [0.2, 0.25) is 0 Å².